The number of halogens is 1. The molecular weight excluding hydrogens is 442 g/mol. The van der Waals surface area contributed by atoms with Crippen molar-refractivity contribution in [3.8, 4) is 5.75 Å². The monoisotopic (exact) mass is 461 g/mol. The molecule has 0 fully saturated rings. The number of hydrogen-bond donors (Lipinski definition) is 0. The van der Waals surface area contributed by atoms with Crippen molar-refractivity contribution >= 4 is 38.1 Å². The number of rotatable bonds is 4. The fraction of sp³-hybridized carbons (Fsp3) is 0.182. The zero-order chi connectivity index (χ0) is 21.5. The molecule has 5 nitrogen and oxygen atoms in total. The van der Waals surface area contributed by atoms with Crippen LogP contribution in [0.15, 0.2) is 76.5 Å². The van der Waals surface area contributed by atoms with Crippen molar-refractivity contribution in [1.29, 1.82) is 0 Å². The van der Waals surface area contributed by atoms with Crippen LogP contribution in [0.3, 0.4) is 0 Å². The van der Waals surface area contributed by atoms with E-state index in [9.17, 15) is 12.6 Å². The highest BCUT2D eigenvalue weighted by Gasteiger charge is 2.40. The van der Waals surface area contributed by atoms with E-state index < -0.39 is 26.9 Å². The van der Waals surface area contributed by atoms with Gasteiger partial charge in [-0.2, -0.15) is 0 Å². The van der Waals surface area contributed by atoms with Crippen molar-refractivity contribution in [1.82, 2.24) is 0 Å². The first-order chi connectivity index (χ1) is 14.3. The summed E-state index contributed by atoms with van der Waals surface area (Å²) in [7, 11) is -3.74. The third-order valence-electron chi connectivity index (χ3n) is 5.07. The minimum atomic E-state index is -3.94. The molecule has 0 bridgehead atoms. The summed E-state index contributed by atoms with van der Waals surface area (Å²) in [6.45, 7) is 1.90. The number of ether oxygens (including phenoxy) is 1. The number of sulfonamides is 1. The summed E-state index contributed by atoms with van der Waals surface area (Å²) in [6.07, 6.45) is 0. The van der Waals surface area contributed by atoms with Gasteiger partial charge >= 0.3 is 0 Å². The lowest BCUT2D eigenvalue weighted by Gasteiger charge is -2.37. The van der Waals surface area contributed by atoms with Crippen LogP contribution in [-0.2, 0) is 20.8 Å². The first-order valence-electron chi connectivity index (χ1n) is 9.24. The molecule has 0 amide bonds. The predicted molar refractivity (Wildman–Crippen MR) is 119 cm³/mol. The standard InChI is InChI=1S/C22H20ClNO4S2/c1-15-3-10-19(11-4-15)30(26,27)24-20-13-17(23)7-12-22(20)29(25)14-21(24)16-5-8-18(28-2)9-6-16/h3-13,21H,14H2,1-2H3/t21-,29-/m1/s1. The van der Waals surface area contributed by atoms with Crippen molar-refractivity contribution in [2.24, 2.45) is 0 Å². The number of anilines is 1. The molecule has 0 aliphatic carbocycles. The molecular formula is C22H20ClNO4S2. The fourth-order valence-electron chi connectivity index (χ4n) is 3.50. The molecule has 156 valence electrons. The Morgan fingerprint density at radius 2 is 1.70 bits per heavy atom. The van der Waals surface area contributed by atoms with E-state index in [0.29, 0.717) is 21.4 Å². The molecule has 0 saturated heterocycles. The van der Waals surface area contributed by atoms with E-state index in [1.165, 1.54) is 4.31 Å². The number of benzene rings is 3. The van der Waals surface area contributed by atoms with Crippen LogP contribution in [0.5, 0.6) is 5.75 Å². The third-order valence-corrected chi connectivity index (χ3v) is 8.60. The van der Waals surface area contributed by atoms with Crippen LogP contribution in [-0.4, -0.2) is 25.5 Å². The lowest BCUT2D eigenvalue weighted by molar-refractivity contribution is 0.414. The summed E-state index contributed by atoms with van der Waals surface area (Å²) < 4.78 is 47.0. The summed E-state index contributed by atoms with van der Waals surface area (Å²) in [6, 6.07) is 18.0. The number of aryl methyl sites for hydroxylation is 1. The van der Waals surface area contributed by atoms with Gasteiger partial charge in [-0.3, -0.25) is 8.51 Å². The lowest BCUT2D eigenvalue weighted by atomic mass is 10.1. The summed E-state index contributed by atoms with van der Waals surface area (Å²) in [5.41, 5.74) is 2.03. The molecule has 0 spiro atoms. The normalized spacial score (nSPS) is 18.7. The molecule has 8 heteroatoms. The molecule has 3 aromatic carbocycles. The van der Waals surface area contributed by atoms with Crippen molar-refractivity contribution in [3.63, 3.8) is 0 Å². The summed E-state index contributed by atoms with van der Waals surface area (Å²) in [5, 5.41) is 0.380. The molecule has 2 atom stereocenters. The van der Waals surface area contributed by atoms with Gasteiger partial charge in [-0.15, -0.1) is 0 Å². The average Bonchev–Trinajstić information content (AvgIpc) is 2.73. The van der Waals surface area contributed by atoms with E-state index in [0.717, 1.165) is 11.1 Å². The molecule has 4 rings (SSSR count). The molecule has 0 N–H and O–H groups in total. The molecule has 0 radical (unpaired) electrons. The molecule has 0 unspecified atom stereocenters. The Labute approximate surface area is 183 Å². The second kappa shape index (κ2) is 8.06. The molecule has 1 heterocycles. The van der Waals surface area contributed by atoms with Gasteiger partial charge in [-0.1, -0.05) is 41.4 Å². The number of fused-ring (bicyclic) bond motifs is 1. The lowest BCUT2D eigenvalue weighted by Crippen LogP contribution is -2.41. The second-order valence-corrected chi connectivity index (χ2v) is 10.7. The van der Waals surface area contributed by atoms with Gasteiger partial charge in [0.05, 0.1) is 45.2 Å². The Hall–Kier alpha value is -2.35. The third kappa shape index (κ3) is 3.73. The number of hydrogen-bond acceptors (Lipinski definition) is 4. The number of nitrogens with zero attached hydrogens (tertiary/aromatic N) is 1. The van der Waals surface area contributed by atoms with Crippen LogP contribution in [0.4, 0.5) is 5.69 Å². The van der Waals surface area contributed by atoms with Crippen molar-refractivity contribution in [2.75, 3.05) is 17.2 Å². The maximum absolute atomic E-state index is 13.7. The van der Waals surface area contributed by atoms with Gasteiger partial charge < -0.3 is 4.74 Å². The smallest absolute Gasteiger partial charge is 0.264 e. The Morgan fingerprint density at radius 3 is 2.33 bits per heavy atom. The van der Waals surface area contributed by atoms with Crippen molar-refractivity contribution in [2.45, 2.75) is 22.8 Å². The Morgan fingerprint density at radius 1 is 1.03 bits per heavy atom. The average molecular weight is 462 g/mol. The maximum Gasteiger partial charge on any atom is 0.264 e. The van der Waals surface area contributed by atoms with Crippen LogP contribution >= 0.6 is 11.6 Å². The first kappa shape index (κ1) is 20.9. The SMILES string of the molecule is COc1ccc([C@H]2C[S@@](=O)c3ccc(Cl)cc3N2S(=O)(=O)c2ccc(C)cc2)cc1. The summed E-state index contributed by atoms with van der Waals surface area (Å²) >= 11 is 6.20. The highest BCUT2D eigenvalue weighted by Crippen LogP contribution is 2.43. The van der Waals surface area contributed by atoms with Crippen LogP contribution in [0.2, 0.25) is 5.02 Å². The van der Waals surface area contributed by atoms with Crippen molar-refractivity contribution < 1.29 is 17.4 Å². The predicted octanol–water partition coefficient (Wildman–Crippen LogP) is 4.71. The van der Waals surface area contributed by atoms with Crippen LogP contribution in [0.1, 0.15) is 17.2 Å². The zero-order valence-electron chi connectivity index (χ0n) is 16.4. The minimum Gasteiger partial charge on any atom is -0.497 e. The molecule has 30 heavy (non-hydrogen) atoms. The maximum atomic E-state index is 13.7. The summed E-state index contributed by atoms with van der Waals surface area (Å²) in [4.78, 5) is 0.630. The Balaban J connectivity index is 1.92. The van der Waals surface area contributed by atoms with Crippen LogP contribution in [0.25, 0.3) is 0 Å². The topological polar surface area (TPSA) is 63.7 Å². The van der Waals surface area contributed by atoms with Crippen LogP contribution < -0.4 is 9.04 Å². The van der Waals surface area contributed by atoms with E-state index in [4.69, 9.17) is 16.3 Å². The zero-order valence-corrected chi connectivity index (χ0v) is 18.8. The Bertz CT molecular complexity index is 1210. The highest BCUT2D eigenvalue weighted by molar-refractivity contribution is 7.93. The fourth-order valence-corrected chi connectivity index (χ4v) is 6.89. The Kier molecular flexibility index (Phi) is 5.61. The van der Waals surface area contributed by atoms with Gasteiger partial charge in [-0.05, 0) is 55.0 Å². The van der Waals surface area contributed by atoms with Gasteiger partial charge in [0.2, 0.25) is 0 Å². The van der Waals surface area contributed by atoms with Crippen molar-refractivity contribution in [3.05, 3.63) is 82.9 Å². The van der Waals surface area contributed by atoms with E-state index in [2.05, 4.69) is 0 Å². The van der Waals surface area contributed by atoms with E-state index in [1.54, 1.807) is 73.8 Å². The van der Waals surface area contributed by atoms with Gasteiger partial charge in [-0.25, -0.2) is 8.42 Å². The summed E-state index contributed by atoms with van der Waals surface area (Å²) in [5.74, 6) is 0.804. The largest absolute Gasteiger partial charge is 0.497 e. The first-order valence-corrected chi connectivity index (χ1v) is 12.4. The quantitative estimate of drug-likeness (QED) is 0.564. The second-order valence-electron chi connectivity index (χ2n) is 7.03. The van der Waals surface area contributed by atoms with Gasteiger partial charge in [0, 0.05) is 5.02 Å². The number of methoxy groups -OCH3 is 1. The van der Waals surface area contributed by atoms with Gasteiger partial charge in [0.25, 0.3) is 10.0 Å². The van der Waals surface area contributed by atoms with Gasteiger partial charge in [0.1, 0.15) is 5.75 Å². The molecule has 0 aromatic heterocycles. The molecule has 1 aliphatic heterocycles. The van der Waals surface area contributed by atoms with E-state index >= 15 is 0 Å². The van der Waals surface area contributed by atoms with E-state index in [1.807, 2.05) is 6.92 Å². The molecule has 0 saturated carbocycles. The molecule has 3 aromatic rings. The van der Waals surface area contributed by atoms with E-state index in [-0.39, 0.29) is 10.6 Å². The highest BCUT2D eigenvalue weighted by atomic mass is 35.5. The minimum absolute atomic E-state index is 0.145. The molecule has 1 aliphatic rings. The van der Waals surface area contributed by atoms with Gasteiger partial charge in [0.15, 0.2) is 0 Å². The van der Waals surface area contributed by atoms with Crippen LogP contribution in [0, 0.1) is 6.92 Å².